The number of nitrogens with zero attached hydrogens (tertiary/aromatic N) is 2. The Balaban J connectivity index is 1.93. The third-order valence-corrected chi connectivity index (χ3v) is 4.53. The molecule has 27 heavy (non-hydrogen) atoms. The molecule has 5 heteroatoms. The van der Waals surface area contributed by atoms with Crippen LogP contribution in [0.1, 0.15) is 25.8 Å². The lowest BCUT2D eigenvalue weighted by Crippen LogP contribution is -2.37. The van der Waals surface area contributed by atoms with Crippen molar-refractivity contribution in [3.63, 3.8) is 0 Å². The largest absolute Gasteiger partial charge is 0.497 e. The van der Waals surface area contributed by atoms with Gasteiger partial charge in [-0.25, -0.2) is 0 Å². The molecule has 0 N–H and O–H groups in total. The zero-order valence-electron chi connectivity index (χ0n) is 16.4. The summed E-state index contributed by atoms with van der Waals surface area (Å²) in [5.41, 5.74) is 1.99. The fraction of sp³-hybridized carbons (Fsp3) is 0.364. The van der Waals surface area contributed by atoms with E-state index in [9.17, 15) is 9.59 Å². The molecule has 0 aliphatic heterocycles. The Labute approximate surface area is 161 Å². The van der Waals surface area contributed by atoms with Gasteiger partial charge in [0, 0.05) is 38.7 Å². The molecule has 2 aromatic rings. The minimum atomic E-state index is -0.0199. The Morgan fingerprint density at radius 2 is 1.74 bits per heavy atom. The average Bonchev–Trinajstić information content (AvgIpc) is 2.69. The van der Waals surface area contributed by atoms with Gasteiger partial charge in [-0.2, -0.15) is 0 Å². The highest BCUT2D eigenvalue weighted by molar-refractivity contribution is 5.93. The summed E-state index contributed by atoms with van der Waals surface area (Å²) in [6, 6.07) is 17.4. The number of para-hydroxylation sites is 1. The molecule has 0 radical (unpaired) electrons. The first-order valence-corrected chi connectivity index (χ1v) is 9.29. The number of carbonyl (C=O) groups excluding carboxylic acids is 2. The Morgan fingerprint density at radius 1 is 1.00 bits per heavy atom. The van der Waals surface area contributed by atoms with E-state index in [2.05, 4.69) is 0 Å². The number of amides is 2. The van der Waals surface area contributed by atoms with E-state index in [0.717, 1.165) is 23.4 Å². The molecule has 0 bridgehead atoms. The summed E-state index contributed by atoms with van der Waals surface area (Å²) in [7, 11) is 1.64. The maximum atomic E-state index is 12.6. The van der Waals surface area contributed by atoms with Gasteiger partial charge in [-0.05, 0) is 43.2 Å². The second-order valence-corrected chi connectivity index (χ2v) is 6.33. The van der Waals surface area contributed by atoms with E-state index in [4.69, 9.17) is 4.74 Å². The fourth-order valence-corrected chi connectivity index (χ4v) is 3.00. The van der Waals surface area contributed by atoms with Crippen molar-refractivity contribution in [2.45, 2.75) is 26.7 Å². The molecule has 0 saturated heterocycles. The number of hydrogen-bond donors (Lipinski definition) is 0. The lowest BCUT2D eigenvalue weighted by Gasteiger charge is -2.25. The van der Waals surface area contributed by atoms with Gasteiger partial charge < -0.3 is 14.5 Å². The lowest BCUT2D eigenvalue weighted by atomic mass is 10.1. The quantitative estimate of drug-likeness (QED) is 0.680. The number of benzene rings is 2. The van der Waals surface area contributed by atoms with Gasteiger partial charge in [0.05, 0.1) is 7.11 Å². The van der Waals surface area contributed by atoms with Crippen LogP contribution in [-0.2, 0) is 16.0 Å². The molecule has 0 atom stereocenters. The Kier molecular flexibility index (Phi) is 7.86. The zero-order valence-corrected chi connectivity index (χ0v) is 16.4. The first-order valence-electron chi connectivity index (χ1n) is 9.29. The number of rotatable bonds is 9. The average molecular weight is 368 g/mol. The van der Waals surface area contributed by atoms with E-state index < -0.39 is 0 Å². The van der Waals surface area contributed by atoms with Crippen molar-refractivity contribution < 1.29 is 14.3 Å². The SMILES string of the molecule is CCN(C(=O)CCN(CCc1cccc(OC)c1)C(C)=O)c1ccccc1. The molecular formula is C22H28N2O3. The van der Waals surface area contributed by atoms with Crippen molar-refractivity contribution in [3.05, 3.63) is 60.2 Å². The summed E-state index contributed by atoms with van der Waals surface area (Å²) in [6.45, 7) is 5.10. The van der Waals surface area contributed by atoms with E-state index in [1.54, 1.807) is 23.8 Å². The molecule has 0 saturated carbocycles. The van der Waals surface area contributed by atoms with Crippen LogP contribution in [0.4, 0.5) is 5.69 Å². The summed E-state index contributed by atoms with van der Waals surface area (Å²) in [4.78, 5) is 28.1. The van der Waals surface area contributed by atoms with Crippen molar-refractivity contribution in [1.82, 2.24) is 4.90 Å². The van der Waals surface area contributed by atoms with Crippen molar-refractivity contribution in [2.24, 2.45) is 0 Å². The van der Waals surface area contributed by atoms with Crippen LogP contribution in [0, 0.1) is 0 Å². The Morgan fingerprint density at radius 3 is 2.37 bits per heavy atom. The van der Waals surface area contributed by atoms with E-state index >= 15 is 0 Å². The van der Waals surface area contributed by atoms with Gasteiger partial charge in [-0.3, -0.25) is 9.59 Å². The molecule has 0 unspecified atom stereocenters. The van der Waals surface area contributed by atoms with Gasteiger partial charge in [-0.15, -0.1) is 0 Å². The summed E-state index contributed by atoms with van der Waals surface area (Å²) in [5.74, 6) is 0.809. The van der Waals surface area contributed by atoms with Crippen LogP contribution in [0.25, 0.3) is 0 Å². The summed E-state index contributed by atoms with van der Waals surface area (Å²) >= 11 is 0. The molecular weight excluding hydrogens is 340 g/mol. The second kappa shape index (κ2) is 10.4. The number of hydrogen-bond acceptors (Lipinski definition) is 3. The number of anilines is 1. The van der Waals surface area contributed by atoms with Gasteiger partial charge in [-0.1, -0.05) is 30.3 Å². The smallest absolute Gasteiger partial charge is 0.228 e. The van der Waals surface area contributed by atoms with Crippen LogP contribution in [-0.4, -0.2) is 43.5 Å². The van der Waals surface area contributed by atoms with Gasteiger partial charge >= 0.3 is 0 Å². The first kappa shape index (κ1) is 20.5. The first-order chi connectivity index (χ1) is 13.0. The Hall–Kier alpha value is -2.82. The predicted molar refractivity (Wildman–Crippen MR) is 108 cm³/mol. The van der Waals surface area contributed by atoms with Crippen molar-refractivity contribution >= 4 is 17.5 Å². The van der Waals surface area contributed by atoms with Crippen molar-refractivity contribution in [1.29, 1.82) is 0 Å². The molecule has 0 aliphatic rings. The van der Waals surface area contributed by atoms with Crippen LogP contribution >= 0.6 is 0 Å². The van der Waals surface area contributed by atoms with Crippen LogP contribution in [0.5, 0.6) is 5.75 Å². The van der Waals surface area contributed by atoms with E-state index in [1.165, 1.54) is 0 Å². The number of ether oxygens (including phenoxy) is 1. The standard InChI is InChI=1S/C22H28N2O3/c1-4-24(20-10-6-5-7-11-20)22(26)14-16-23(18(2)25)15-13-19-9-8-12-21(17-19)27-3/h5-12,17H,4,13-16H2,1-3H3. The predicted octanol–water partition coefficient (Wildman–Crippen LogP) is 3.53. The maximum absolute atomic E-state index is 12.6. The zero-order chi connectivity index (χ0) is 19.6. The minimum absolute atomic E-state index is 0.0199. The van der Waals surface area contributed by atoms with Gasteiger partial charge in [0.25, 0.3) is 0 Å². The maximum Gasteiger partial charge on any atom is 0.228 e. The van der Waals surface area contributed by atoms with Crippen molar-refractivity contribution in [3.8, 4) is 5.75 Å². The second-order valence-electron chi connectivity index (χ2n) is 6.33. The minimum Gasteiger partial charge on any atom is -0.497 e. The Bertz CT molecular complexity index is 746. The molecule has 0 fully saturated rings. The van der Waals surface area contributed by atoms with Gasteiger partial charge in [0.1, 0.15) is 5.75 Å². The van der Waals surface area contributed by atoms with Crippen LogP contribution < -0.4 is 9.64 Å². The normalized spacial score (nSPS) is 10.3. The summed E-state index contributed by atoms with van der Waals surface area (Å²) in [6.07, 6.45) is 1.03. The topological polar surface area (TPSA) is 49.9 Å². The lowest BCUT2D eigenvalue weighted by molar-refractivity contribution is -0.129. The van der Waals surface area contributed by atoms with E-state index in [-0.39, 0.29) is 11.8 Å². The molecule has 144 valence electrons. The fourth-order valence-electron chi connectivity index (χ4n) is 3.00. The van der Waals surface area contributed by atoms with E-state index in [1.807, 2.05) is 61.5 Å². The van der Waals surface area contributed by atoms with E-state index in [0.29, 0.717) is 26.1 Å². The van der Waals surface area contributed by atoms with Crippen molar-refractivity contribution in [2.75, 3.05) is 31.6 Å². The molecule has 2 aromatic carbocycles. The third-order valence-electron chi connectivity index (χ3n) is 4.53. The molecule has 2 rings (SSSR count). The highest BCUT2D eigenvalue weighted by atomic mass is 16.5. The number of methoxy groups -OCH3 is 1. The molecule has 0 spiro atoms. The van der Waals surface area contributed by atoms with Crippen LogP contribution in [0.2, 0.25) is 0 Å². The third kappa shape index (κ3) is 6.13. The summed E-state index contributed by atoms with van der Waals surface area (Å²) in [5, 5.41) is 0. The van der Waals surface area contributed by atoms with Gasteiger partial charge in [0.15, 0.2) is 0 Å². The molecule has 0 aromatic heterocycles. The summed E-state index contributed by atoms with van der Waals surface area (Å²) < 4.78 is 5.24. The highest BCUT2D eigenvalue weighted by Crippen LogP contribution is 2.15. The molecule has 0 aliphatic carbocycles. The van der Waals surface area contributed by atoms with Crippen LogP contribution in [0.15, 0.2) is 54.6 Å². The monoisotopic (exact) mass is 368 g/mol. The van der Waals surface area contributed by atoms with Crippen LogP contribution in [0.3, 0.4) is 0 Å². The molecule has 5 nitrogen and oxygen atoms in total. The highest BCUT2D eigenvalue weighted by Gasteiger charge is 2.16. The van der Waals surface area contributed by atoms with Gasteiger partial charge in [0.2, 0.25) is 11.8 Å². The molecule has 2 amide bonds. The number of carbonyl (C=O) groups is 2. The molecule has 0 heterocycles.